The highest BCUT2D eigenvalue weighted by Crippen LogP contribution is 2.32. The predicted molar refractivity (Wildman–Crippen MR) is 104 cm³/mol. The molecule has 0 radical (unpaired) electrons. The van der Waals surface area contributed by atoms with Gasteiger partial charge in [0.25, 0.3) is 0 Å². The highest BCUT2D eigenvalue weighted by Gasteiger charge is 2.30. The molecule has 0 unspecified atom stereocenters. The lowest BCUT2D eigenvalue weighted by Crippen LogP contribution is -2.45. The number of nitrogens with two attached hydrogens (primary N) is 1. The second-order valence-electron chi connectivity index (χ2n) is 7.14. The molecule has 0 saturated carbocycles. The Morgan fingerprint density at radius 1 is 1.31 bits per heavy atom. The Bertz CT molecular complexity index is 947. The first-order chi connectivity index (χ1) is 13.7. The molecule has 0 spiro atoms. The Hall–Kier alpha value is -2.71. The summed E-state index contributed by atoms with van der Waals surface area (Å²) >= 11 is 0. The topological polar surface area (TPSA) is 85.2 Å². The lowest BCUT2D eigenvalue weighted by molar-refractivity contribution is -0.0798. The van der Waals surface area contributed by atoms with Crippen molar-refractivity contribution in [3.05, 3.63) is 66.1 Å². The first-order valence-electron chi connectivity index (χ1n) is 9.17. The van der Waals surface area contributed by atoms with Crippen molar-refractivity contribution in [2.45, 2.75) is 37.4 Å². The molecular formula is C21H22F3N3O2. The van der Waals surface area contributed by atoms with Crippen LogP contribution in [0.4, 0.5) is 13.2 Å². The lowest BCUT2D eigenvalue weighted by Gasteiger charge is -2.34. The molecule has 154 valence electrons. The number of hydrogen-bond donors (Lipinski definition) is 2. The number of alkyl halides is 3. The number of halogens is 3. The van der Waals surface area contributed by atoms with Crippen molar-refractivity contribution < 1.29 is 22.7 Å². The number of hydrogen-bond acceptors (Lipinski definition) is 5. The molecular weight excluding hydrogens is 383 g/mol. The van der Waals surface area contributed by atoms with Gasteiger partial charge in [-0.3, -0.25) is 0 Å². The van der Waals surface area contributed by atoms with E-state index in [0.717, 1.165) is 24.5 Å². The van der Waals surface area contributed by atoms with Crippen LogP contribution in [0, 0.1) is 0 Å². The summed E-state index contributed by atoms with van der Waals surface area (Å²) < 4.78 is 42.4. The van der Waals surface area contributed by atoms with Crippen LogP contribution in [0.2, 0.25) is 0 Å². The lowest BCUT2D eigenvalue weighted by atomic mass is 9.76. The normalized spacial score (nSPS) is 20.1. The van der Waals surface area contributed by atoms with E-state index in [0.29, 0.717) is 18.4 Å². The van der Waals surface area contributed by atoms with Crippen LogP contribution in [0.5, 0.6) is 0 Å². The van der Waals surface area contributed by atoms with Gasteiger partial charge in [-0.25, -0.2) is 0 Å². The molecule has 3 N–H and O–H groups in total. The Labute approximate surface area is 166 Å². The van der Waals surface area contributed by atoms with E-state index < -0.39 is 11.7 Å². The van der Waals surface area contributed by atoms with Gasteiger partial charge in [-0.15, -0.1) is 10.2 Å². The average molecular weight is 405 g/mol. The molecule has 0 amide bonds. The minimum Gasteiger partial charge on any atom is -0.416 e. The molecule has 1 heterocycles. The van der Waals surface area contributed by atoms with Gasteiger partial charge in [0.2, 0.25) is 11.8 Å². The van der Waals surface area contributed by atoms with Crippen LogP contribution in [0.1, 0.15) is 29.9 Å². The Balaban J connectivity index is 1.85. The maximum atomic E-state index is 12.3. The summed E-state index contributed by atoms with van der Waals surface area (Å²) in [4.78, 5) is 0. The number of allylic oxidation sites excluding steroid dienone is 5. The third kappa shape index (κ3) is 5.21. The number of aliphatic hydroxyl groups is 1. The zero-order valence-corrected chi connectivity index (χ0v) is 15.7. The highest BCUT2D eigenvalue weighted by atomic mass is 19.4. The van der Waals surface area contributed by atoms with Gasteiger partial charge in [0.05, 0.1) is 0 Å². The minimum atomic E-state index is -4.40. The van der Waals surface area contributed by atoms with Gasteiger partial charge in [-0.2, -0.15) is 13.2 Å². The third-order valence-electron chi connectivity index (χ3n) is 4.95. The largest absolute Gasteiger partial charge is 0.416 e. The summed E-state index contributed by atoms with van der Waals surface area (Å²) in [7, 11) is 0. The average Bonchev–Trinajstić information content (AvgIpc) is 3.13. The van der Waals surface area contributed by atoms with E-state index in [-0.39, 0.29) is 30.0 Å². The molecule has 5 nitrogen and oxygen atoms in total. The minimum absolute atomic E-state index is 0.0397. The smallest absolute Gasteiger partial charge is 0.409 e. The highest BCUT2D eigenvalue weighted by molar-refractivity contribution is 5.70. The molecule has 0 fully saturated rings. The van der Waals surface area contributed by atoms with Crippen LogP contribution in [-0.4, -0.2) is 33.6 Å². The van der Waals surface area contributed by atoms with Crippen molar-refractivity contribution in [2.24, 2.45) is 5.73 Å². The number of aromatic nitrogens is 2. The molecule has 8 heteroatoms. The van der Waals surface area contributed by atoms with Crippen molar-refractivity contribution >= 4 is 5.57 Å². The van der Waals surface area contributed by atoms with E-state index in [2.05, 4.69) is 16.8 Å². The third-order valence-corrected chi connectivity index (χ3v) is 4.95. The molecule has 0 saturated heterocycles. The fourth-order valence-electron chi connectivity index (χ4n) is 3.40. The summed E-state index contributed by atoms with van der Waals surface area (Å²) in [5, 5.41) is 17.2. The number of rotatable bonds is 6. The molecule has 0 aliphatic heterocycles. The number of aryl methyl sites for hydroxylation is 1. The van der Waals surface area contributed by atoms with Crippen molar-refractivity contribution in [2.75, 3.05) is 6.61 Å². The molecule has 29 heavy (non-hydrogen) atoms. The zero-order valence-electron chi connectivity index (χ0n) is 15.7. The number of aliphatic hydroxyl groups excluding tert-OH is 1. The first kappa shape index (κ1) is 21.0. The van der Waals surface area contributed by atoms with Gasteiger partial charge in [0, 0.05) is 29.4 Å². The van der Waals surface area contributed by atoms with Crippen molar-refractivity contribution in [1.82, 2.24) is 10.2 Å². The quantitative estimate of drug-likeness (QED) is 0.710. The summed E-state index contributed by atoms with van der Waals surface area (Å²) in [6.07, 6.45) is 1.94. The molecule has 3 rings (SSSR count). The summed E-state index contributed by atoms with van der Waals surface area (Å²) in [6, 6.07) is 5.79. The van der Waals surface area contributed by atoms with Crippen LogP contribution in [0.3, 0.4) is 0 Å². The van der Waals surface area contributed by atoms with Crippen molar-refractivity contribution in [1.29, 1.82) is 0 Å². The predicted octanol–water partition coefficient (Wildman–Crippen LogP) is 3.99. The van der Waals surface area contributed by atoms with Gasteiger partial charge in [0.15, 0.2) is 0 Å². The summed E-state index contributed by atoms with van der Waals surface area (Å²) in [5.74, 6) is 0.332. The van der Waals surface area contributed by atoms with Crippen LogP contribution < -0.4 is 5.73 Å². The SMILES string of the molecule is C=C/C(=C\C=C\C(F)(F)F)c1nnc(-c2ccc3c(c2)C[C@](N)(CCO)CC3)o1. The molecule has 0 bridgehead atoms. The Kier molecular flexibility index (Phi) is 6.04. The van der Waals surface area contributed by atoms with E-state index in [1.54, 1.807) is 0 Å². The summed E-state index contributed by atoms with van der Waals surface area (Å²) in [5.41, 5.74) is 9.20. The standard InChI is InChI=1S/C21H22F3N3O2/c1-2-14(4-3-8-21(22,23)24)18-26-27-19(29-18)16-6-5-15-7-9-20(25,10-11-28)13-17(15)12-16/h2-6,8,12,28H,1,7,9-11,13,25H2/b8-3+,14-4+/t20-/m1/s1. The van der Waals surface area contributed by atoms with E-state index in [1.165, 1.54) is 17.7 Å². The molecule has 1 atom stereocenters. The van der Waals surface area contributed by atoms with Crippen molar-refractivity contribution in [3.63, 3.8) is 0 Å². The molecule has 1 aliphatic carbocycles. The van der Waals surface area contributed by atoms with Crippen LogP contribution in [-0.2, 0) is 12.8 Å². The van der Waals surface area contributed by atoms with Gasteiger partial charge < -0.3 is 15.3 Å². The molecule has 2 aromatic rings. The van der Waals surface area contributed by atoms with Crippen molar-refractivity contribution in [3.8, 4) is 11.5 Å². The monoisotopic (exact) mass is 405 g/mol. The summed E-state index contributed by atoms with van der Waals surface area (Å²) in [6.45, 7) is 3.62. The molecule has 1 aliphatic rings. The van der Waals surface area contributed by atoms with E-state index >= 15 is 0 Å². The second-order valence-corrected chi connectivity index (χ2v) is 7.14. The zero-order chi connectivity index (χ0) is 21.1. The second kappa shape index (κ2) is 8.34. The van der Waals surface area contributed by atoms with Gasteiger partial charge >= 0.3 is 6.18 Å². The maximum absolute atomic E-state index is 12.3. The van der Waals surface area contributed by atoms with E-state index in [4.69, 9.17) is 10.2 Å². The molecule has 1 aromatic carbocycles. The first-order valence-corrected chi connectivity index (χ1v) is 9.17. The fourth-order valence-corrected chi connectivity index (χ4v) is 3.40. The van der Waals surface area contributed by atoms with Gasteiger partial charge in [0.1, 0.15) is 0 Å². The van der Waals surface area contributed by atoms with Crippen LogP contribution in [0.15, 0.2) is 53.5 Å². The van der Waals surface area contributed by atoms with E-state index in [9.17, 15) is 18.3 Å². The van der Waals surface area contributed by atoms with Crippen LogP contribution in [0.25, 0.3) is 17.0 Å². The number of benzene rings is 1. The Morgan fingerprint density at radius 3 is 2.79 bits per heavy atom. The number of fused-ring (bicyclic) bond motifs is 1. The number of nitrogens with zero attached hydrogens (tertiary/aromatic N) is 2. The van der Waals surface area contributed by atoms with Crippen LogP contribution >= 0.6 is 0 Å². The van der Waals surface area contributed by atoms with Gasteiger partial charge in [-0.1, -0.05) is 24.8 Å². The maximum Gasteiger partial charge on any atom is 0.409 e. The molecule has 1 aromatic heterocycles. The fraction of sp³-hybridized carbons (Fsp3) is 0.333. The van der Waals surface area contributed by atoms with Gasteiger partial charge in [-0.05, 0) is 55.0 Å². The Morgan fingerprint density at radius 2 is 2.10 bits per heavy atom. The van der Waals surface area contributed by atoms with E-state index in [1.807, 2.05) is 18.2 Å².